The molecule has 1 atom stereocenters. The van der Waals surface area contributed by atoms with Gasteiger partial charge in [-0.3, -0.25) is 0 Å². The molecule has 168 valence electrons. The minimum atomic E-state index is -0.796. The number of piperazine rings is 1. The summed E-state index contributed by atoms with van der Waals surface area (Å²) in [6.07, 6.45) is 1.50. The van der Waals surface area contributed by atoms with E-state index in [-0.39, 0.29) is 5.83 Å². The molecule has 4 aliphatic heterocycles. The summed E-state index contributed by atoms with van der Waals surface area (Å²) in [5.74, 6) is -0.678. The number of hydrogen-bond acceptors (Lipinski definition) is 8. The Morgan fingerprint density at radius 3 is 2.06 bits per heavy atom. The van der Waals surface area contributed by atoms with Gasteiger partial charge < -0.3 is 24.6 Å². The lowest BCUT2D eigenvalue weighted by atomic mass is 10.2. The molecule has 0 amide bonds. The third kappa shape index (κ3) is 4.15. The summed E-state index contributed by atoms with van der Waals surface area (Å²) in [7, 11) is 0. The molecule has 0 spiro atoms. The summed E-state index contributed by atoms with van der Waals surface area (Å²) < 4.78 is 26.0. The van der Waals surface area contributed by atoms with Crippen LogP contribution in [0.4, 0.5) is 10.1 Å². The molecule has 4 aliphatic rings. The highest BCUT2D eigenvalue weighted by molar-refractivity contribution is 5.97. The smallest absolute Gasteiger partial charge is 0.251 e. The number of anilines is 1. The zero-order valence-corrected chi connectivity index (χ0v) is 17.9. The Morgan fingerprint density at radius 1 is 0.774 bits per heavy atom. The zero-order chi connectivity index (χ0) is 21.1. The topological polar surface area (TPSA) is 55.8 Å². The van der Waals surface area contributed by atoms with Crippen molar-refractivity contribution in [2.45, 2.75) is 5.91 Å². The fourth-order valence-corrected chi connectivity index (χ4v) is 4.77. The normalized spacial score (nSPS) is 28.7. The van der Waals surface area contributed by atoms with Crippen molar-refractivity contribution in [1.82, 2.24) is 20.0 Å². The Bertz CT molecular complexity index is 801. The molecule has 1 aromatic rings. The SMILES string of the molecule is FC1=CNC(N2CCOCC2)(N2CCN(c3ccccc3)CC2)N=C1N1CCOCC1. The Morgan fingerprint density at radius 2 is 1.39 bits per heavy atom. The van der Waals surface area contributed by atoms with E-state index in [1.807, 2.05) is 11.0 Å². The van der Waals surface area contributed by atoms with E-state index in [1.165, 1.54) is 11.9 Å². The maximum absolute atomic E-state index is 14.9. The standard InChI is InChI=1S/C22H31FN6O2/c23-20-18-24-22(29-12-16-31-17-13-29,25-21(20)27-10-14-30-15-11-27)28-8-6-26(7-9-28)19-4-2-1-3-5-19/h1-5,18,24H,6-17H2. The van der Waals surface area contributed by atoms with Gasteiger partial charge in [-0.05, 0) is 12.1 Å². The van der Waals surface area contributed by atoms with E-state index in [9.17, 15) is 4.39 Å². The molecule has 31 heavy (non-hydrogen) atoms. The first-order valence-corrected chi connectivity index (χ1v) is 11.2. The third-order valence-electron chi connectivity index (χ3n) is 6.47. The highest BCUT2D eigenvalue weighted by Crippen LogP contribution is 2.29. The highest BCUT2D eigenvalue weighted by atomic mass is 19.1. The number of aliphatic imine (C=N–C) groups is 1. The fourth-order valence-electron chi connectivity index (χ4n) is 4.77. The summed E-state index contributed by atoms with van der Waals surface area (Å²) in [4.78, 5) is 14.1. The Labute approximate surface area is 182 Å². The number of para-hydroxylation sites is 1. The van der Waals surface area contributed by atoms with Crippen molar-refractivity contribution < 1.29 is 13.9 Å². The third-order valence-corrected chi connectivity index (χ3v) is 6.47. The molecule has 1 aromatic carbocycles. The van der Waals surface area contributed by atoms with Gasteiger partial charge in [0.1, 0.15) is 0 Å². The summed E-state index contributed by atoms with van der Waals surface area (Å²) >= 11 is 0. The molecule has 0 aromatic heterocycles. The maximum atomic E-state index is 14.9. The molecule has 9 heteroatoms. The molecular formula is C22H31FN6O2. The molecule has 8 nitrogen and oxygen atoms in total. The van der Waals surface area contributed by atoms with Crippen LogP contribution in [0.1, 0.15) is 0 Å². The lowest BCUT2D eigenvalue weighted by molar-refractivity contribution is -0.113. The molecule has 1 unspecified atom stereocenters. The first-order valence-electron chi connectivity index (χ1n) is 11.2. The van der Waals surface area contributed by atoms with Gasteiger partial charge in [-0.25, -0.2) is 19.2 Å². The predicted molar refractivity (Wildman–Crippen MR) is 118 cm³/mol. The number of halogens is 1. The zero-order valence-electron chi connectivity index (χ0n) is 17.9. The maximum Gasteiger partial charge on any atom is 0.251 e. The quantitative estimate of drug-likeness (QED) is 0.765. The van der Waals surface area contributed by atoms with Crippen molar-refractivity contribution in [3.8, 4) is 0 Å². The van der Waals surface area contributed by atoms with Crippen molar-refractivity contribution in [2.75, 3.05) is 83.7 Å². The van der Waals surface area contributed by atoms with Gasteiger partial charge in [-0.1, -0.05) is 18.2 Å². The van der Waals surface area contributed by atoms with E-state index in [1.54, 1.807) is 0 Å². The molecule has 3 saturated heterocycles. The first kappa shape index (κ1) is 20.7. The largest absolute Gasteiger partial charge is 0.379 e. The van der Waals surface area contributed by atoms with Crippen LogP contribution in [0.5, 0.6) is 0 Å². The van der Waals surface area contributed by atoms with Crippen molar-refractivity contribution >= 4 is 11.5 Å². The van der Waals surface area contributed by atoms with Gasteiger partial charge >= 0.3 is 0 Å². The number of hydrogen-bond donors (Lipinski definition) is 1. The second-order valence-corrected chi connectivity index (χ2v) is 8.22. The van der Waals surface area contributed by atoms with Gasteiger partial charge in [0.15, 0.2) is 11.7 Å². The fraction of sp³-hybridized carbons (Fsp3) is 0.591. The molecule has 0 aliphatic carbocycles. The Kier molecular flexibility index (Phi) is 6.08. The van der Waals surface area contributed by atoms with Crippen LogP contribution in [0.3, 0.4) is 0 Å². The van der Waals surface area contributed by atoms with Gasteiger partial charge in [0.05, 0.1) is 26.4 Å². The van der Waals surface area contributed by atoms with E-state index >= 15 is 0 Å². The lowest BCUT2D eigenvalue weighted by Crippen LogP contribution is -2.72. The highest BCUT2D eigenvalue weighted by Gasteiger charge is 2.46. The van der Waals surface area contributed by atoms with Gasteiger partial charge in [0.2, 0.25) is 0 Å². The Hall–Kier alpha value is -2.20. The summed E-state index contributed by atoms with van der Waals surface area (Å²) in [6, 6.07) is 10.5. The summed E-state index contributed by atoms with van der Waals surface area (Å²) in [6.45, 7) is 8.76. The molecule has 5 rings (SSSR count). The number of ether oxygens (including phenoxy) is 2. The van der Waals surface area contributed by atoms with Crippen LogP contribution in [0, 0.1) is 0 Å². The van der Waals surface area contributed by atoms with Crippen LogP contribution in [-0.2, 0) is 9.47 Å². The molecule has 0 radical (unpaired) electrons. The summed E-state index contributed by atoms with van der Waals surface area (Å²) in [5, 5.41) is 3.34. The molecule has 0 saturated carbocycles. The number of nitrogens with one attached hydrogen (secondary N) is 1. The van der Waals surface area contributed by atoms with Crippen LogP contribution in [-0.4, -0.2) is 105 Å². The molecule has 0 bridgehead atoms. The monoisotopic (exact) mass is 430 g/mol. The first-order chi connectivity index (χ1) is 15.3. The van der Waals surface area contributed by atoms with Crippen LogP contribution in [0.2, 0.25) is 0 Å². The van der Waals surface area contributed by atoms with E-state index in [4.69, 9.17) is 14.5 Å². The molecule has 4 heterocycles. The number of amidine groups is 1. The van der Waals surface area contributed by atoms with E-state index < -0.39 is 5.91 Å². The van der Waals surface area contributed by atoms with E-state index in [0.717, 1.165) is 39.3 Å². The van der Waals surface area contributed by atoms with Crippen LogP contribution in [0.15, 0.2) is 47.4 Å². The number of morpholine rings is 2. The van der Waals surface area contributed by atoms with Crippen LogP contribution >= 0.6 is 0 Å². The number of rotatable bonds is 3. The Balaban J connectivity index is 1.41. The van der Waals surface area contributed by atoms with Gasteiger partial charge in [0.25, 0.3) is 5.91 Å². The average molecular weight is 431 g/mol. The van der Waals surface area contributed by atoms with E-state index in [0.29, 0.717) is 45.4 Å². The van der Waals surface area contributed by atoms with Crippen molar-refractivity contribution in [2.24, 2.45) is 4.99 Å². The molecule has 3 fully saturated rings. The second kappa shape index (κ2) is 9.12. The minimum absolute atomic E-state index is 0.311. The molecule has 1 N–H and O–H groups in total. The van der Waals surface area contributed by atoms with Crippen molar-refractivity contribution in [3.05, 3.63) is 42.4 Å². The predicted octanol–water partition coefficient (Wildman–Crippen LogP) is 0.897. The number of benzene rings is 1. The summed E-state index contributed by atoms with van der Waals surface area (Å²) in [5.41, 5.74) is 1.24. The van der Waals surface area contributed by atoms with Gasteiger partial charge in [-0.2, -0.15) is 0 Å². The molecular weight excluding hydrogens is 399 g/mol. The second-order valence-electron chi connectivity index (χ2n) is 8.22. The van der Waals surface area contributed by atoms with Gasteiger partial charge in [0, 0.05) is 64.2 Å². The minimum Gasteiger partial charge on any atom is -0.379 e. The lowest BCUT2D eigenvalue weighted by Gasteiger charge is -2.52. The van der Waals surface area contributed by atoms with Crippen molar-refractivity contribution in [3.63, 3.8) is 0 Å². The van der Waals surface area contributed by atoms with Crippen LogP contribution < -0.4 is 10.2 Å². The van der Waals surface area contributed by atoms with Crippen molar-refractivity contribution in [1.29, 1.82) is 0 Å². The van der Waals surface area contributed by atoms with Gasteiger partial charge in [-0.15, -0.1) is 0 Å². The van der Waals surface area contributed by atoms with Crippen LogP contribution in [0.25, 0.3) is 0 Å². The van der Waals surface area contributed by atoms with E-state index in [2.05, 4.69) is 44.3 Å². The number of nitrogens with zero attached hydrogens (tertiary/aromatic N) is 5. The average Bonchev–Trinajstić information content (AvgIpc) is 2.86.